The summed E-state index contributed by atoms with van der Waals surface area (Å²) in [6, 6.07) is 8.22. The molecule has 4 heteroatoms. The predicted molar refractivity (Wildman–Crippen MR) is 69.2 cm³/mol. The molecule has 3 N–H and O–H groups in total. The van der Waals surface area contributed by atoms with Crippen LogP contribution in [0.25, 0.3) is 11.3 Å². The van der Waals surface area contributed by atoms with Gasteiger partial charge in [0.05, 0.1) is 5.69 Å². The average Bonchev–Trinajstić information content (AvgIpc) is 2.61. The number of nitrogens with two attached hydrogens (primary N) is 1. The molecule has 0 atom stereocenters. The van der Waals surface area contributed by atoms with Crippen molar-refractivity contribution >= 4 is 15.9 Å². The van der Waals surface area contributed by atoms with Gasteiger partial charge in [-0.3, -0.25) is 0 Å². The van der Waals surface area contributed by atoms with E-state index in [1.54, 1.807) is 0 Å². The van der Waals surface area contributed by atoms with E-state index in [2.05, 4.69) is 45.0 Å². The summed E-state index contributed by atoms with van der Waals surface area (Å²) in [5, 5.41) is 0. The number of halogens is 1. The predicted octanol–water partition coefficient (Wildman–Crippen LogP) is 2.65. The molecule has 1 aromatic carbocycles. The molecule has 0 radical (unpaired) electrons. The number of rotatable bonds is 3. The van der Waals surface area contributed by atoms with Crippen molar-refractivity contribution in [2.75, 3.05) is 6.54 Å². The molecule has 0 unspecified atom stereocenters. The molecule has 0 aliphatic heterocycles. The minimum absolute atomic E-state index is 0.619. The van der Waals surface area contributed by atoms with Crippen LogP contribution >= 0.6 is 15.9 Å². The number of nitrogens with zero attached hydrogens (tertiary/aromatic N) is 1. The van der Waals surface area contributed by atoms with Gasteiger partial charge < -0.3 is 10.7 Å². The highest BCUT2D eigenvalue weighted by atomic mass is 79.9. The maximum absolute atomic E-state index is 5.59. The number of aromatic amines is 1. The van der Waals surface area contributed by atoms with E-state index < -0.39 is 0 Å². The lowest BCUT2D eigenvalue weighted by Crippen LogP contribution is -2.04. The van der Waals surface area contributed by atoms with Crippen molar-refractivity contribution in [3.8, 4) is 11.3 Å². The molecule has 1 heterocycles. The van der Waals surface area contributed by atoms with E-state index in [1.165, 1.54) is 5.56 Å². The highest BCUT2D eigenvalue weighted by molar-refractivity contribution is 9.10. The van der Waals surface area contributed by atoms with Gasteiger partial charge in [0.15, 0.2) is 4.73 Å². The second-order valence-corrected chi connectivity index (χ2v) is 4.46. The van der Waals surface area contributed by atoms with Crippen LogP contribution in [0.3, 0.4) is 0 Å². The summed E-state index contributed by atoms with van der Waals surface area (Å²) in [7, 11) is 0. The molecule has 16 heavy (non-hydrogen) atoms. The number of hydrogen-bond acceptors (Lipinski definition) is 2. The third-order valence-electron chi connectivity index (χ3n) is 2.54. The number of benzene rings is 1. The zero-order valence-electron chi connectivity index (χ0n) is 9.13. The van der Waals surface area contributed by atoms with Crippen LogP contribution in [-0.4, -0.2) is 16.5 Å². The lowest BCUT2D eigenvalue weighted by molar-refractivity contribution is 0.933. The van der Waals surface area contributed by atoms with Crippen LogP contribution in [0.1, 0.15) is 11.3 Å². The van der Waals surface area contributed by atoms with Crippen molar-refractivity contribution in [3.05, 3.63) is 40.3 Å². The Morgan fingerprint density at radius 1 is 1.38 bits per heavy atom. The van der Waals surface area contributed by atoms with Crippen LogP contribution in [0.5, 0.6) is 0 Å². The van der Waals surface area contributed by atoms with Crippen molar-refractivity contribution in [1.82, 2.24) is 9.97 Å². The fourth-order valence-electron chi connectivity index (χ4n) is 1.76. The SMILES string of the molecule is Cc1ccccc1-c1nc(Br)[nH]c1CCN. The van der Waals surface area contributed by atoms with Gasteiger partial charge in [-0.05, 0) is 35.0 Å². The molecule has 0 bridgehead atoms. The minimum Gasteiger partial charge on any atom is -0.336 e. The van der Waals surface area contributed by atoms with Crippen molar-refractivity contribution in [2.45, 2.75) is 13.3 Å². The van der Waals surface area contributed by atoms with Gasteiger partial charge in [0.2, 0.25) is 0 Å². The summed E-state index contributed by atoms with van der Waals surface area (Å²) in [4.78, 5) is 7.66. The lowest BCUT2D eigenvalue weighted by atomic mass is 10.0. The first-order valence-electron chi connectivity index (χ1n) is 5.23. The number of aryl methyl sites for hydroxylation is 1. The Morgan fingerprint density at radius 2 is 2.12 bits per heavy atom. The fraction of sp³-hybridized carbons (Fsp3) is 0.250. The monoisotopic (exact) mass is 279 g/mol. The van der Waals surface area contributed by atoms with E-state index in [0.29, 0.717) is 6.54 Å². The minimum atomic E-state index is 0.619. The molecule has 0 aliphatic rings. The van der Waals surface area contributed by atoms with E-state index in [-0.39, 0.29) is 0 Å². The first-order chi connectivity index (χ1) is 7.72. The maximum atomic E-state index is 5.59. The quantitative estimate of drug-likeness (QED) is 0.908. The smallest absolute Gasteiger partial charge is 0.175 e. The van der Waals surface area contributed by atoms with E-state index in [0.717, 1.165) is 28.1 Å². The molecule has 0 fully saturated rings. The molecule has 3 nitrogen and oxygen atoms in total. The van der Waals surface area contributed by atoms with E-state index in [4.69, 9.17) is 5.73 Å². The molecular formula is C12H14BrN3. The summed E-state index contributed by atoms with van der Waals surface area (Å²) < 4.78 is 0.759. The Balaban J connectivity index is 2.51. The van der Waals surface area contributed by atoms with Crippen LogP contribution < -0.4 is 5.73 Å². The van der Waals surface area contributed by atoms with Crippen LogP contribution in [0.2, 0.25) is 0 Å². The first-order valence-corrected chi connectivity index (χ1v) is 6.02. The number of H-pyrrole nitrogens is 1. The van der Waals surface area contributed by atoms with Crippen molar-refractivity contribution in [1.29, 1.82) is 0 Å². The van der Waals surface area contributed by atoms with Crippen molar-refractivity contribution in [2.24, 2.45) is 5.73 Å². The molecule has 0 aliphatic carbocycles. The lowest BCUT2D eigenvalue weighted by Gasteiger charge is -2.04. The number of aromatic nitrogens is 2. The molecule has 0 spiro atoms. The Morgan fingerprint density at radius 3 is 2.81 bits per heavy atom. The van der Waals surface area contributed by atoms with E-state index in [1.807, 2.05) is 12.1 Å². The van der Waals surface area contributed by atoms with Gasteiger partial charge in [0.1, 0.15) is 0 Å². The highest BCUT2D eigenvalue weighted by Crippen LogP contribution is 2.26. The third kappa shape index (κ3) is 2.18. The Kier molecular flexibility index (Phi) is 3.41. The summed E-state index contributed by atoms with van der Waals surface area (Å²) in [6.07, 6.45) is 0.808. The molecule has 2 rings (SSSR count). The fourth-order valence-corrected chi connectivity index (χ4v) is 2.18. The van der Waals surface area contributed by atoms with Crippen LogP contribution in [0.4, 0.5) is 0 Å². The van der Waals surface area contributed by atoms with Crippen molar-refractivity contribution < 1.29 is 0 Å². The average molecular weight is 280 g/mol. The third-order valence-corrected chi connectivity index (χ3v) is 2.92. The Bertz CT molecular complexity index is 491. The second-order valence-electron chi connectivity index (χ2n) is 3.71. The van der Waals surface area contributed by atoms with Crippen LogP contribution in [0.15, 0.2) is 29.0 Å². The summed E-state index contributed by atoms with van der Waals surface area (Å²) in [5.41, 5.74) is 10.1. The van der Waals surface area contributed by atoms with E-state index in [9.17, 15) is 0 Å². The molecule has 1 aromatic heterocycles. The van der Waals surface area contributed by atoms with Gasteiger partial charge >= 0.3 is 0 Å². The van der Waals surface area contributed by atoms with Gasteiger partial charge in [0.25, 0.3) is 0 Å². The Labute approximate surface area is 103 Å². The summed E-state index contributed by atoms with van der Waals surface area (Å²) in [6.45, 7) is 2.71. The maximum Gasteiger partial charge on any atom is 0.175 e. The Hall–Kier alpha value is -1.13. The van der Waals surface area contributed by atoms with Crippen molar-refractivity contribution in [3.63, 3.8) is 0 Å². The van der Waals surface area contributed by atoms with Crippen LogP contribution in [-0.2, 0) is 6.42 Å². The van der Waals surface area contributed by atoms with Gasteiger partial charge in [-0.15, -0.1) is 0 Å². The molecule has 0 amide bonds. The summed E-state index contributed by atoms with van der Waals surface area (Å²) in [5.74, 6) is 0. The molecule has 0 saturated carbocycles. The normalized spacial score (nSPS) is 10.7. The molecule has 2 aromatic rings. The van der Waals surface area contributed by atoms with Gasteiger partial charge in [-0.25, -0.2) is 4.98 Å². The van der Waals surface area contributed by atoms with Crippen LogP contribution in [0, 0.1) is 6.92 Å². The molecular weight excluding hydrogens is 266 g/mol. The summed E-state index contributed by atoms with van der Waals surface area (Å²) >= 11 is 3.37. The largest absolute Gasteiger partial charge is 0.336 e. The number of imidazole rings is 1. The molecule has 0 saturated heterocycles. The zero-order chi connectivity index (χ0) is 11.5. The standard InChI is InChI=1S/C12H14BrN3/c1-8-4-2-3-5-9(8)11-10(6-7-14)15-12(13)16-11/h2-5H,6-7,14H2,1H3,(H,15,16). The second kappa shape index (κ2) is 4.80. The topological polar surface area (TPSA) is 54.7 Å². The first kappa shape index (κ1) is 11.4. The van der Waals surface area contributed by atoms with Gasteiger partial charge in [0, 0.05) is 17.7 Å². The number of hydrogen-bond donors (Lipinski definition) is 2. The highest BCUT2D eigenvalue weighted by Gasteiger charge is 2.11. The van der Waals surface area contributed by atoms with Gasteiger partial charge in [-0.2, -0.15) is 0 Å². The zero-order valence-corrected chi connectivity index (χ0v) is 10.7. The number of nitrogens with one attached hydrogen (secondary N) is 1. The molecule has 84 valence electrons. The van der Waals surface area contributed by atoms with Gasteiger partial charge in [-0.1, -0.05) is 24.3 Å². The van der Waals surface area contributed by atoms with E-state index >= 15 is 0 Å².